The van der Waals surface area contributed by atoms with Crippen LogP contribution in [0.2, 0.25) is 0 Å². The van der Waals surface area contributed by atoms with E-state index >= 15 is 0 Å². The van der Waals surface area contributed by atoms with E-state index in [9.17, 15) is 19.2 Å². The van der Waals surface area contributed by atoms with Gasteiger partial charge in [-0.25, -0.2) is 4.98 Å². The van der Waals surface area contributed by atoms with Crippen LogP contribution in [0.5, 0.6) is 0 Å². The minimum absolute atomic E-state index is 0.0529. The number of carbonyl (C=O) groups excluding carboxylic acids is 4. The van der Waals surface area contributed by atoms with E-state index in [0.717, 1.165) is 29.6 Å². The van der Waals surface area contributed by atoms with Crippen molar-refractivity contribution in [2.45, 2.75) is 25.9 Å². The summed E-state index contributed by atoms with van der Waals surface area (Å²) in [5.41, 5.74) is 9.20. The summed E-state index contributed by atoms with van der Waals surface area (Å²) in [6, 6.07) is 12.2. The highest BCUT2D eigenvalue weighted by Gasteiger charge is 2.35. The lowest BCUT2D eigenvalue weighted by atomic mass is 9.88. The molecule has 2 aliphatic carbocycles. The minimum Gasteiger partial charge on any atom is -0.394 e. The topological polar surface area (TPSA) is 124 Å². The fourth-order valence-electron chi connectivity index (χ4n) is 5.87. The lowest BCUT2D eigenvalue weighted by Crippen LogP contribution is -2.41. The molecule has 0 aliphatic heterocycles. The molecule has 3 N–H and O–H groups in total. The molecule has 1 heterocycles. The predicted molar refractivity (Wildman–Crippen MR) is 163 cm³/mol. The number of rotatable bonds is 11. The third-order valence-corrected chi connectivity index (χ3v) is 8.08. The van der Waals surface area contributed by atoms with Crippen molar-refractivity contribution in [1.82, 2.24) is 14.9 Å². The Bertz CT molecular complexity index is 1670. The van der Waals surface area contributed by atoms with Gasteiger partial charge in [0.2, 0.25) is 23.1 Å². The van der Waals surface area contributed by atoms with E-state index < -0.39 is 0 Å². The van der Waals surface area contributed by atoms with Crippen molar-refractivity contribution < 1.29 is 28.1 Å². The molecule has 10 heteroatoms. The van der Waals surface area contributed by atoms with Crippen molar-refractivity contribution in [3.8, 4) is 0 Å². The lowest BCUT2D eigenvalue weighted by Gasteiger charge is -2.30. The molecule has 0 bridgehead atoms. The molecule has 0 atom stereocenters. The Morgan fingerprint density at radius 2 is 1.47 bits per heavy atom. The SMILES string of the molecule is C[N+](C)(C)CCCn1cnc2c1C(=O)c1ccc(C[N+](C)(C)CCCNC3=C(N)C(=O)c4ccccc4C3=O)cc1C2=O. The predicted octanol–water partition coefficient (Wildman–Crippen LogP) is 2.56. The number of hydrogen-bond acceptors (Lipinski definition) is 7. The van der Waals surface area contributed by atoms with E-state index in [1.54, 1.807) is 36.7 Å². The normalized spacial score (nSPS) is 15.0. The lowest BCUT2D eigenvalue weighted by molar-refractivity contribution is -0.903. The summed E-state index contributed by atoms with van der Waals surface area (Å²) in [6.45, 7) is 3.43. The van der Waals surface area contributed by atoms with Gasteiger partial charge in [0.25, 0.3) is 0 Å². The van der Waals surface area contributed by atoms with Gasteiger partial charge in [-0.3, -0.25) is 19.2 Å². The van der Waals surface area contributed by atoms with Gasteiger partial charge < -0.3 is 24.6 Å². The first-order valence-corrected chi connectivity index (χ1v) is 14.6. The molecular formula is C33H40N6O4+2. The molecule has 2 aliphatic rings. The number of aryl methyl sites for hydroxylation is 1. The number of Topliss-reactive ketones (excluding diaryl/α,β-unsaturated/α-hetero) is 2. The number of imidazole rings is 1. The van der Waals surface area contributed by atoms with Crippen LogP contribution < -0.4 is 11.1 Å². The molecule has 0 saturated carbocycles. The van der Waals surface area contributed by atoms with Gasteiger partial charge in [-0.2, -0.15) is 0 Å². The number of nitrogens with zero attached hydrogens (tertiary/aromatic N) is 4. The second kappa shape index (κ2) is 11.3. The summed E-state index contributed by atoms with van der Waals surface area (Å²) in [4.78, 5) is 56.8. The van der Waals surface area contributed by atoms with Gasteiger partial charge in [0.05, 0.1) is 54.7 Å². The van der Waals surface area contributed by atoms with Crippen molar-refractivity contribution in [3.05, 3.63) is 99.4 Å². The first kappa shape index (κ1) is 30.1. The van der Waals surface area contributed by atoms with Crippen LogP contribution in [0.1, 0.15) is 71.2 Å². The van der Waals surface area contributed by atoms with Gasteiger partial charge in [0.15, 0.2) is 0 Å². The number of quaternary nitrogens is 2. The summed E-state index contributed by atoms with van der Waals surface area (Å²) in [6.07, 6.45) is 3.19. The van der Waals surface area contributed by atoms with Crippen molar-refractivity contribution >= 4 is 23.1 Å². The largest absolute Gasteiger partial charge is 0.394 e. The number of hydrogen-bond donors (Lipinski definition) is 2. The standard InChI is InChI=1S/C33H38N6O4/c1-38(2,3)16-9-15-37-20-36-28-29(37)33(43)24-13-12-21(18-25(24)32(28)42)19-39(4,5)17-8-14-35-27-26(34)30(40)22-10-6-7-11-23(22)31(27)41/h6-7,10-13,18,20H,8-9,14-17,19H2,1-5H3,(H-2,34,35,40,41,42,43)/p+2. The number of ketones is 4. The molecule has 0 radical (unpaired) electrons. The van der Waals surface area contributed by atoms with Crippen LogP contribution in [0.3, 0.4) is 0 Å². The van der Waals surface area contributed by atoms with Gasteiger partial charge in [0, 0.05) is 53.7 Å². The van der Waals surface area contributed by atoms with Crippen LogP contribution in [-0.2, 0) is 13.1 Å². The first-order valence-electron chi connectivity index (χ1n) is 14.6. The van der Waals surface area contributed by atoms with Crippen LogP contribution in [-0.4, -0.2) is 96.5 Å². The Hall–Kier alpha value is -4.41. The maximum absolute atomic E-state index is 13.4. The second-order valence-corrected chi connectivity index (χ2v) is 13.1. The molecule has 2 aromatic carbocycles. The molecule has 224 valence electrons. The minimum atomic E-state index is -0.340. The highest BCUT2D eigenvalue weighted by molar-refractivity contribution is 6.27. The molecule has 0 saturated heterocycles. The van der Waals surface area contributed by atoms with Gasteiger partial charge in [-0.1, -0.05) is 30.3 Å². The number of nitrogens with one attached hydrogen (secondary N) is 1. The summed E-state index contributed by atoms with van der Waals surface area (Å²) >= 11 is 0. The smallest absolute Gasteiger partial charge is 0.214 e. The quantitative estimate of drug-likeness (QED) is 0.205. The number of nitrogens with two attached hydrogens (primary N) is 1. The van der Waals surface area contributed by atoms with E-state index in [2.05, 4.69) is 45.5 Å². The second-order valence-electron chi connectivity index (χ2n) is 13.1. The van der Waals surface area contributed by atoms with Gasteiger partial charge >= 0.3 is 0 Å². The Kier molecular flexibility index (Phi) is 7.93. The molecule has 43 heavy (non-hydrogen) atoms. The van der Waals surface area contributed by atoms with Crippen LogP contribution in [0.4, 0.5) is 0 Å². The first-order chi connectivity index (χ1) is 20.3. The Labute approximate surface area is 252 Å². The molecule has 5 rings (SSSR count). The summed E-state index contributed by atoms with van der Waals surface area (Å²) < 4.78 is 3.25. The van der Waals surface area contributed by atoms with Gasteiger partial charge in [0.1, 0.15) is 29.3 Å². The van der Waals surface area contributed by atoms with Crippen LogP contribution in [0.15, 0.2) is 60.2 Å². The molecule has 0 unspecified atom stereocenters. The van der Waals surface area contributed by atoms with Crippen LogP contribution in [0.25, 0.3) is 0 Å². The number of carbonyl (C=O) groups is 4. The highest BCUT2D eigenvalue weighted by atomic mass is 16.1. The van der Waals surface area contributed by atoms with E-state index in [1.807, 2.05) is 16.7 Å². The number of aromatic nitrogens is 2. The maximum atomic E-state index is 13.4. The van der Waals surface area contributed by atoms with Crippen molar-refractivity contribution in [2.75, 3.05) is 54.9 Å². The average Bonchev–Trinajstić information content (AvgIpc) is 3.37. The average molecular weight is 585 g/mol. The monoisotopic (exact) mass is 584 g/mol. The van der Waals surface area contributed by atoms with E-state index in [-0.39, 0.29) is 40.2 Å². The van der Waals surface area contributed by atoms with E-state index in [1.165, 1.54) is 0 Å². The van der Waals surface area contributed by atoms with E-state index in [0.29, 0.717) is 58.5 Å². The van der Waals surface area contributed by atoms with Gasteiger partial charge in [-0.15, -0.1) is 0 Å². The summed E-state index contributed by atoms with van der Waals surface area (Å²) in [7, 11) is 10.5. The third-order valence-electron chi connectivity index (χ3n) is 8.08. The van der Waals surface area contributed by atoms with Gasteiger partial charge in [-0.05, 0) is 12.1 Å². The Balaban J connectivity index is 1.21. The third kappa shape index (κ3) is 6.07. The zero-order valence-corrected chi connectivity index (χ0v) is 25.6. The maximum Gasteiger partial charge on any atom is 0.214 e. The molecule has 1 aromatic heterocycles. The fraction of sp³-hybridized carbons (Fsp3) is 0.364. The molecule has 10 nitrogen and oxygen atoms in total. The van der Waals surface area contributed by atoms with Crippen LogP contribution in [0, 0.1) is 0 Å². The Morgan fingerprint density at radius 3 is 2.16 bits per heavy atom. The van der Waals surface area contributed by atoms with E-state index in [4.69, 9.17) is 5.73 Å². The number of allylic oxidation sites excluding steroid dienone is 2. The number of fused-ring (bicyclic) bond motifs is 3. The molecule has 3 aromatic rings. The molecule has 0 fully saturated rings. The summed E-state index contributed by atoms with van der Waals surface area (Å²) in [5, 5.41) is 3.09. The van der Waals surface area contributed by atoms with Crippen LogP contribution >= 0.6 is 0 Å². The Morgan fingerprint density at radius 1 is 0.791 bits per heavy atom. The molecule has 0 spiro atoms. The van der Waals surface area contributed by atoms with Crippen molar-refractivity contribution in [1.29, 1.82) is 0 Å². The molecular weight excluding hydrogens is 544 g/mol. The number of benzene rings is 2. The zero-order valence-electron chi connectivity index (χ0n) is 25.6. The highest BCUT2D eigenvalue weighted by Crippen LogP contribution is 2.29. The zero-order chi connectivity index (χ0) is 31.1. The molecule has 0 amide bonds. The fourth-order valence-corrected chi connectivity index (χ4v) is 5.87. The van der Waals surface area contributed by atoms with Crippen molar-refractivity contribution in [3.63, 3.8) is 0 Å². The summed E-state index contributed by atoms with van der Waals surface area (Å²) in [5.74, 6) is -0.990. The van der Waals surface area contributed by atoms with Crippen molar-refractivity contribution in [2.24, 2.45) is 5.73 Å².